The Balaban J connectivity index is -0.000000191. The van der Waals surface area contributed by atoms with Gasteiger partial charge in [-0.2, -0.15) is 0 Å². The van der Waals surface area contributed by atoms with Crippen LogP contribution in [0.1, 0.15) is 196 Å². The molecule has 0 aliphatic heterocycles. The lowest BCUT2D eigenvalue weighted by Crippen LogP contribution is -2.13. The highest BCUT2D eigenvalue weighted by Gasteiger charge is 2.10. The van der Waals surface area contributed by atoms with Crippen molar-refractivity contribution in [1.82, 2.24) is 0 Å². The summed E-state index contributed by atoms with van der Waals surface area (Å²) >= 11 is 14.2. The van der Waals surface area contributed by atoms with Crippen molar-refractivity contribution >= 4 is 65.0 Å². The molecule has 0 aromatic heterocycles. The Morgan fingerprint density at radius 1 is 0.623 bits per heavy atom. The zero-order valence-corrected chi connectivity index (χ0v) is 38.5. The molecular weight excluding hydrogens is 751 g/mol. The van der Waals surface area contributed by atoms with Crippen LogP contribution in [0, 0.1) is 11.8 Å². The van der Waals surface area contributed by atoms with Gasteiger partial charge in [0.1, 0.15) is 8.24 Å². The van der Waals surface area contributed by atoms with Gasteiger partial charge in [-0.25, -0.2) is 9.79 Å². The average molecular weight is 831 g/mol. The molecule has 0 aromatic rings. The van der Waals surface area contributed by atoms with Crippen LogP contribution in [-0.4, -0.2) is 41.4 Å². The summed E-state index contributed by atoms with van der Waals surface area (Å²) in [5, 5.41) is 8.47. The molecule has 53 heavy (non-hydrogen) atoms. The number of hydrogen-bond acceptors (Lipinski definition) is 6. The summed E-state index contributed by atoms with van der Waals surface area (Å²) in [5.41, 5.74) is 7.89. The summed E-state index contributed by atoms with van der Waals surface area (Å²) in [6, 6.07) is 0.170. The number of carboxylic acid groups (broad SMARTS) is 1. The molecule has 0 saturated carbocycles. The smallest absolute Gasteiger partial charge is 0.313 e. The van der Waals surface area contributed by atoms with Gasteiger partial charge in [-0.05, 0) is 71.4 Å². The van der Waals surface area contributed by atoms with Crippen molar-refractivity contribution in [2.75, 3.05) is 0 Å². The molecule has 0 spiro atoms. The van der Waals surface area contributed by atoms with E-state index in [1.54, 1.807) is 13.0 Å². The summed E-state index contributed by atoms with van der Waals surface area (Å²) in [6.45, 7) is 18.3. The van der Waals surface area contributed by atoms with E-state index >= 15 is 0 Å². The second kappa shape index (κ2) is 48.6. The predicted octanol–water partition coefficient (Wildman–Crippen LogP) is 15.9. The zero-order valence-electron chi connectivity index (χ0n) is 35.2. The highest BCUT2D eigenvalue weighted by Crippen LogP contribution is 2.15. The first-order chi connectivity index (χ1) is 25.0. The standard InChI is InChI=1S/C12H23ClO.C12H23NO.C12H24O2.C3H9N3Si.CCl2O/c1-3-4-5-6-7-8-9-10-11(2)12(13)14;1-3-4-5-6-7-8-9-10-12(2)13-11-14;1-3-4-5-6-7-8-9-10-11(2)12(13)14;1-7(2,3)6-5-4;2-1(3)4/h11H,3-10H2,1-2H3;12H,3-10H2,1-2H3;11H,3-10H2,1-2H3,(H,13,14);1-3H3;. The Bertz CT molecular complexity index is 860. The largest absolute Gasteiger partial charge is 0.481 e. The topological polar surface area (TPSA) is 150 Å². The predicted molar refractivity (Wildman–Crippen MR) is 232 cm³/mol. The lowest BCUT2D eigenvalue weighted by atomic mass is 10.0. The van der Waals surface area contributed by atoms with Gasteiger partial charge < -0.3 is 5.11 Å². The van der Waals surface area contributed by atoms with Gasteiger partial charge in [-0.3, -0.25) is 14.4 Å². The van der Waals surface area contributed by atoms with Crippen molar-refractivity contribution < 1.29 is 24.3 Å². The summed E-state index contributed by atoms with van der Waals surface area (Å²) in [4.78, 5) is 46.5. The maximum Gasteiger partial charge on any atom is 0.313 e. The van der Waals surface area contributed by atoms with Gasteiger partial charge in [-0.15, -0.1) is 4.78 Å². The molecule has 0 aliphatic carbocycles. The van der Waals surface area contributed by atoms with E-state index in [9.17, 15) is 14.4 Å². The summed E-state index contributed by atoms with van der Waals surface area (Å²) in [6.07, 6.45) is 31.5. The first-order valence-corrected chi connectivity index (χ1v) is 24.9. The van der Waals surface area contributed by atoms with E-state index in [2.05, 4.69) is 58.7 Å². The number of halogens is 3. The molecule has 0 saturated heterocycles. The molecule has 0 fully saturated rings. The number of carboxylic acids is 1. The van der Waals surface area contributed by atoms with Crippen molar-refractivity contribution in [1.29, 1.82) is 0 Å². The summed E-state index contributed by atoms with van der Waals surface area (Å²) in [7, 11) is -1.45. The third kappa shape index (κ3) is 72.5. The average Bonchev–Trinajstić information content (AvgIpc) is 3.07. The van der Waals surface area contributed by atoms with Gasteiger partial charge >= 0.3 is 10.7 Å². The number of unbranched alkanes of at least 4 members (excludes halogenated alkanes) is 18. The fourth-order valence-corrected chi connectivity index (χ4v) is 5.12. The van der Waals surface area contributed by atoms with Crippen LogP contribution in [0.4, 0.5) is 4.79 Å². The van der Waals surface area contributed by atoms with Crippen molar-refractivity contribution in [3.05, 3.63) is 10.4 Å². The zero-order chi connectivity index (χ0) is 41.8. The number of rotatable bonds is 28. The molecular formula is C40H79Cl3N4O5Si. The molecule has 3 atom stereocenters. The second-order valence-electron chi connectivity index (χ2n) is 14.8. The molecule has 0 rings (SSSR count). The number of carbonyl (C=O) groups is 3. The summed E-state index contributed by atoms with van der Waals surface area (Å²) in [5.74, 6) is -0.770. The van der Waals surface area contributed by atoms with Crippen LogP contribution in [-0.2, 0) is 14.4 Å². The normalized spacial score (nSPS) is 11.8. The number of azide groups is 1. The molecule has 0 aliphatic rings. The van der Waals surface area contributed by atoms with Crippen LogP contribution in [0.5, 0.6) is 0 Å². The van der Waals surface area contributed by atoms with Crippen LogP contribution in [0.3, 0.4) is 0 Å². The van der Waals surface area contributed by atoms with Crippen LogP contribution in [0.25, 0.3) is 10.4 Å². The SMILES string of the molecule is CCCCCCCCCC(C)C(=O)Cl.CCCCCCCCCC(C)C(=O)O.CCCCCCCCCC(C)N=C=O.C[Si](C)(C)N=[N+]=[N-].O=C(Cl)Cl. The van der Waals surface area contributed by atoms with Crippen LogP contribution < -0.4 is 0 Å². The summed E-state index contributed by atoms with van der Waals surface area (Å²) < 4.78 is 2.69. The number of hydrogen-bond donors (Lipinski definition) is 1. The third-order valence-electron chi connectivity index (χ3n) is 8.13. The van der Waals surface area contributed by atoms with Gasteiger partial charge in [0.25, 0.3) is 0 Å². The van der Waals surface area contributed by atoms with Crippen molar-refractivity contribution in [2.45, 2.75) is 221 Å². The highest BCUT2D eigenvalue weighted by atomic mass is 35.5. The number of carbonyl (C=O) groups excluding carboxylic acids is 3. The molecule has 0 heterocycles. The van der Waals surface area contributed by atoms with Gasteiger partial charge in [0.15, 0.2) is 0 Å². The number of aliphatic imine (C=N–C) groups is 1. The Morgan fingerprint density at radius 2 is 0.925 bits per heavy atom. The minimum Gasteiger partial charge on any atom is -0.481 e. The third-order valence-corrected chi connectivity index (χ3v) is 9.20. The maximum atomic E-state index is 10.7. The fourth-order valence-electron chi connectivity index (χ4n) is 4.74. The second-order valence-corrected chi connectivity index (χ2v) is 20.6. The molecule has 0 bridgehead atoms. The number of nitrogens with zero attached hydrogens (tertiary/aromatic N) is 4. The van der Waals surface area contributed by atoms with E-state index in [0.717, 1.165) is 32.1 Å². The monoisotopic (exact) mass is 828 g/mol. The minimum absolute atomic E-state index is 0.0484. The molecule has 9 nitrogen and oxygen atoms in total. The Labute approximate surface area is 341 Å². The fraction of sp³-hybridized carbons (Fsp3) is 0.900. The number of isocyanates is 1. The van der Waals surface area contributed by atoms with Gasteiger partial charge in [0, 0.05) is 5.92 Å². The van der Waals surface area contributed by atoms with Gasteiger partial charge in [0.05, 0.1) is 12.0 Å². The van der Waals surface area contributed by atoms with Crippen molar-refractivity contribution in [2.24, 2.45) is 21.6 Å². The lowest BCUT2D eigenvalue weighted by Gasteiger charge is -2.05. The molecule has 3 unspecified atom stereocenters. The Morgan fingerprint density at radius 3 is 1.17 bits per heavy atom. The molecule has 0 amide bonds. The Kier molecular flexibility index (Phi) is 55.8. The van der Waals surface area contributed by atoms with E-state index in [1.807, 2.05) is 33.5 Å². The van der Waals surface area contributed by atoms with E-state index in [-0.39, 0.29) is 23.1 Å². The number of aliphatic carboxylic acids is 1. The molecule has 13 heteroatoms. The molecule has 1 N–H and O–H groups in total. The lowest BCUT2D eigenvalue weighted by molar-refractivity contribution is -0.141. The highest BCUT2D eigenvalue weighted by molar-refractivity contribution is 6.93. The van der Waals surface area contributed by atoms with Crippen molar-refractivity contribution in [3.8, 4) is 0 Å². The van der Waals surface area contributed by atoms with E-state index in [4.69, 9.17) is 27.0 Å². The van der Waals surface area contributed by atoms with Crippen molar-refractivity contribution in [3.63, 3.8) is 0 Å². The minimum atomic E-state index is -1.45. The van der Waals surface area contributed by atoms with Crippen LogP contribution >= 0.6 is 34.8 Å². The van der Waals surface area contributed by atoms with E-state index in [0.29, 0.717) is 0 Å². The van der Waals surface area contributed by atoms with Gasteiger partial charge in [0.2, 0.25) is 11.3 Å². The maximum absolute atomic E-state index is 10.7. The first kappa shape index (κ1) is 60.8. The Hall–Kier alpha value is -1.41. The van der Waals surface area contributed by atoms with E-state index in [1.165, 1.54) is 122 Å². The van der Waals surface area contributed by atoms with Crippen LogP contribution in [0.15, 0.2) is 9.77 Å². The van der Waals surface area contributed by atoms with Crippen LogP contribution in [0.2, 0.25) is 19.6 Å². The quantitative estimate of drug-likeness (QED) is 0.0122. The molecule has 314 valence electrons. The molecule has 0 radical (unpaired) electrons. The molecule has 0 aromatic carbocycles. The van der Waals surface area contributed by atoms with Gasteiger partial charge in [-0.1, -0.05) is 189 Å². The van der Waals surface area contributed by atoms with E-state index < -0.39 is 18.9 Å². The first-order valence-electron chi connectivity index (χ1n) is 20.4.